The van der Waals surface area contributed by atoms with Crippen molar-refractivity contribution in [3.63, 3.8) is 0 Å². The average Bonchev–Trinajstić information content (AvgIpc) is 2.41. The Labute approximate surface area is 126 Å². The summed E-state index contributed by atoms with van der Waals surface area (Å²) in [6, 6.07) is 7.40. The van der Waals surface area contributed by atoms with E-state index in [4.69, 9.17) is 9.47 Å². The number of halogens is 1. The van der Waals surface area contributed by atoms with Crippen LogP contribution >= 0.6 is 15.9 Å². The van der Waals surface area contributed by atoms with Gasteiger partial charge in [-0.05, 0) is 37.6 Å². The molecule has 0 saturated heterocycles. The fourth-order valence-electron chi connectivity index (χ4n) is 1.53. The maximum Gasteiger partial charge on any atom is 0.334 e. The summed E-state index contributed by atoms with van der Waals surface area (Å²) in [7, 11) is 0. The molecule has 4 nitrogen and oxygen atoms in total. The van der Waals surface area contributed by atoms with Crippen LogP contribution in [0.25, 0.3) is 6.08 Å². The van der Waals surface area contributed by atoms with Crippen LogP contribution in [0.2, 0.25) is 0 Å². The van der Waals surface area contributed by atoms with E-state index in [0.717, 1.165) is 10.0 Å². The normalized spacial score (nSPS) is 11.1. The minimum Gasteiger partial charge on any atom is -0.466 e. The summed E-state index contributed by atoms with van der Waals surface area (Å²) in [5, 5.41) is 0. The number of ether oxygens (including phenoxy) is 2. The monoisotopic (exact) mass is 340 g/mol. The zero-order valence-electron chi connectivity index (χ0n) is 11.5. The van der Waals surface area contributed by atoms with Gasteiger partial charge in [-0.3, -0.25) is 4.79 Å². The molecular formula is C15H17BrO4. The van der Waals surface area contributed by atoms with Crippen LogP contribution in [0.4, 0.5) is 0 Å². The van der Waals surface area contributed by atoms with Crippen LogP contribution in [0.15, 0.2) is 34.3 Å². The number of esters is 2. The smallest absolute Gasteiger partial charge is 0.334 e. The lowest BCUT2D eigenvalue weighted by Crippen LogP contribution is -2.13. The first-order valence-corrected chi connectivity index (χ1v) is 7.15. The lowest BCUT2D eigenvalue weighted by molar-refractivity contribution is -0.145. The molecule has 0 N–H and O–H groups in total. The third-order valence-corrected chi connectivity index (χ3v) is 2.92. The molecule has 0 heterocycles. The second-order valence-electron chi connectivity index (χ2n) is 3.92. The summed E-state index contributed by atoms with van der Waals surface area (Å²) in [4.78, 5) is 23.4. The maximum absolute atomic E-state index is 11.8. The highest BCUT2D eigenvalue weighted by Gasteiger charge is 2.16. The Bertz CT molecular complexity index is 491. The molecule has 108 valence electrons. The lowest BCUT2D eigenvalue weighted by Gasteiger charge is -2.07. The highest BCUT2D eigenvalue weighted by Crippen LogP contribution is 2.16. The van der Waals surface area contributed by atoms with E-state index in [9.17, 15) is 9.59 Å². The Hall–Kier alpha value is -1.62. The molecule has 1 aromatic rings. The molecule has 0 amide bonds. The number of hydrogen-bond acceptors (Lipinski definition) is 4. The Kier molecular flexibility index (Phi) is 7.01. The molecule has 0 spiro atoms. The molecule has 1 rings (SSSR count). The van der Waals surface area contributed by atoms with Gasteiger partial charge in [0.1, 0.15) is 0 Å². The second kappa shape index (κ2) is 8.53. The zero-order valence-corrected chi connectivity index (χ0v) is 13.1. The van der Waals surface area contributed by atoms with Gasteiger partial charge >= 0.3 is 11.9 Å². The van der Waals surface area contributed by atoms with Gasteiger partial charge in [-0.15, -0.1) is 0 Å². The van der Waals surface area contributed by atoms with Crippen LogP contribution in [0.3, 0.4) is 0 Å². The summed E-state index contributed by atoms with van der Waals surface area (Å²) in [5.74, 6) is -0.938. The van der Waals surface area contributed by atoms with E-state index in [0.29, 0.717) is 0 Å². The second-order valence-corrected chi connectivity index (χ2v) is 4.84. The first-order valence-electron chi connectivity index (χ1n) is 6.35. The fraction of sp³-hybridized carbons (Fsp3) is 0.333. The number of carbonyl (C=O) groups is 2. The molecule has 0 aliphatic rings. The van der Waals surface area contributed by atoms with Crippen LogP contribution < -0.4 is 0 Å². The molecule has 0 aliphatic heterocycles. The summed E-state index contributed by atoms with van der Waals surface area (Å²) < 4.78 is 10.8. The highest BCUT2D eigenvalue weighted by atomic mass is 79.9. The molecule has 0 fully saturated rings. The van der Waals surface area contributed by atoms with Crippen molar-refractivity contribution in [3.8, 4) is 0 Å². The van der Waals surface area contributed by atoms with Crippen LogP contribution in [-0.4, -0.2) is 25.2 Å². The molecule has 0 radical (unpaired) electrons. The van der Waals surface area contributed by atoms with Gasteiger partial charge < -0.3 is 9.47 Å². The van der Waals surface area contributed by atoms with Crippen molar-refractivity contribution in [1.29, 1.82) is 0 Å². The molecule has 0 atom stereocenters. The SMILES string of the molecule is CCOC(=O)C/C(=C\c1ccc(Br)cc1)C(=O)OCC. The first kappa shape index (κ1) is 16.4. The maximum atomic E-state index is 11.8. The van der Waals surface area contributed by atoms with E-state index < -0.39 is 11.9 Å². The van der Waals surface area contributed by atoms with Gasteiger partial charge in [0.15, 0.2) is 0 Å². The zero-order chi connectivity index (χ0) is 15.0. The topological polar surface area (TPSA) is 52.6 Å². The van der Waals surface area contributed by atoms with Gasteiger partial charge in [0, 0.05) is 10.0 Å². The van der Waals surface area contributed by atoms with E-state index in [-0.39, 0.29) is 25.2 Å². The van der Waals surface area contributed by atoms with Crippen molar-refractivity contribution in [2.45, 2.75) is 20.3 Å². The number of rotatable bonds is 6. The first-order chi connectivity index (χ1) is 9.56. The highest BCUT2D eigenvalue weighted by molar-refractivity contribution is 9.10. The Morgan fingerprint density at radius 1 is 1.10 bits per heavy atom. The van der Waals surface area contributed by atoms with E-state index in [1.807, 2.05) is 24.3 Å². The third-order valence-electron chi connectivity index (χ3n) is 2.39. The standard InChI is InChI=1S/C15H17BrO4/c1-3-19-14(17)10-12(15(18)20-4-2)9-11-5-7-13(16)8-6-11/h5-9H,3-4,10H2,1-2H3/b12-9+. The quantitative estimate of drug-likeness (QED) is 0.588. The summed E-state index contributed by atoms with van der Waals surface area (Å²) in [5.41, 5.74) is 1.10. The molecule has 5 heteroatoms. The Balaban J connectivity index is 2.93. The predicted molar refractivity (Wildman–Crippen MR) is 80.0 cm³/mol. The molecule has 0 aliphatic carbocycles. The van der Waals surface area contributed by atoms with Crippen molar-refractivity contribution in [1.82, 2.24) is 0 Å². The van der Waals surface area contributed by atoms with E-state index in [1.54, 1.807) is 19.9 Å². The summed E-state index contributed by atoms with van der Waals surface area (Å²) in [6.45, 7) is 3.99. The van der Waals surface area contributed by atoms with Crippen molar-refractivity contribution in [2.75, 3.05) is 13.2 Å². The Morgan fingerprint density at radius 3 is 2.25 bits per heavy atom. The van der Waals surface area contributed by atoms with Gasteiger partial charge in [0.2, 0.25) is 0 Å². The van der Waals surface area contributed by atoms with Crippen molar-refractivity contribution >= 4 is 33.9 Å². The van der Waals surface area contributed by atoms with Crippen molar-refractivity contribution in [3.05, 3.63) is 39.9 Å². The largest absolute Gasteiger partial charge is 0.466 e. The van der Waals surface area contributed by atoms with Crippen molar-refractivity contribution < 1.29 is 19.1 Å². The van der Waals surface area contributed by atoms with Gasteiger partial charge in [0.25, 0.3) is 0 Å². The molecule has 0 bridgehead atoms. The fourth-order valence-corrected chi connectivity index (χ4v) is 1.80. The predicted octanol–water partition coefficient (Wildman–Crippen LogP) is 3.35. The summed E-state index contributed by atoms with van der Waals surface area (Å²) >= 11 is 3.34. The van der Waals surface area contributed by atoms with Crippen LogP contribution in [0.5, 0.6) is 0 Å². The molecular weight excluding hydrogens is 324 g/mol. The van der Waals surface area contributed by atoms with E-state index in [2.05, 4.69) is 15.9 Å². The van der Waals surface area contributed by atoms with Gasteiger partial charge in [-0.25, -0.2) is 4.79 Å². The number of carbonyl (C=O) groups excluding carboxylic acids is 2. The molecule has 20 heavy (non-hydrogen) atoms. The molecule has 1 aromatic carbocycles. The van der Waals surface area contributed by atoms with Crippen LogP contribution in [-0.2, 0) is 19.1 Å². The van der Waals surface area contributed by atoms with Gasteiger partial charge in [0.05, 0.1) is 19.6 Å². The molecule has 0 aromatic heterocycles. The van der Waals surface area contributed by atoms with E-state index in [1.165, 1.54) is 0 Å². The van der Waals surface area contributed by atoms with Crippen LogP contribution in [0.1, 0.15) is 25.8 Å². The molecule has 0 saturated carbocycles. The van der Waals surface area contributed by atoms with E-state index >= 15 is 0 Å². The minimum atomic E-state index is -0.497. The number of benzene rings is 1. The summed E-state index contributed by atoms with van der Waals surface area (Å²) in [6.07, 6.45) is 1.55. The average molecular weight is 341 g/mol. The van der Waals surface area contributed by atoms with Gasteiger partial charge in [-0.2, -0.15) is 0 Å². The lowest BCUT2D eigenvalue weighted by atomic mass is 10.1. The third kappa shape index (κ3) is 5.57. The molecule has 0 unspecified atom stereocenters. The van der Waals surface area contributed by atoms with Crippen molar-refractivity contribution in [2.24, 2.45) is 0 Å². The Morgan fingerprint density at radius 2 is 1.70 bits per heavy atom. The van der Waals surface area contributed by atoms with Gasteiger partial charge in [-0.1, -0.05) is 28.1 Å². The number of hydrogen-bond donors (Lipinski definition) is 0. The minimum absolute atomic E-state index is 0.0945. The van der Waals surface area contributed by atoms with Crippen LogP contribution in [0, 0.1) is 0 Å².